The summed E-state index contributed by atoms with van der Waals surface area (Å²) in [5, 5.41) is 9.14. The first-order valence-corrected chi connectivity index (χ1v) is 9.89. The molecule has 156 valence electrons. The van der Waals surface area contributed by atoms with E-state index in [2.05, 4.69) is 6.07 Å². The Morgan fingerprint density at radius 2 is 1.93 bits per heavy atom. The third kappa shape index (κ3) is 4.32. The molecule has 2 aliphatic rings. The standard InChI is InChI=1S/C21H27N3O5/c1-14-4-3-5-15(12-14)8-9-21(2)10-11-23(20(21)28)16(19(27)22-29)13-24-17(25)6-7-18(24)26/h3-5,12,16,29H,6-11,13H2,1-2H3,(H,22,27)/t16-,21?/m1/s1. The van der Waals surface area contributed by atoms with Crippen molar-refractivity contribution in [1.29, 1.82) is 0 Å². The summed E-state index contributed by atoms with van der Waals surface area (Å²) < 4.78 is 0. The molecule has 1 unspecified atom stereocenters. The van der Waals surface area contributed by atoms with E-state index >= 15 is 0 Å². The summed E-state index contributed by atoms with van der Waals surface area (Å²) in [4.78, 5) is 51.8. The maximum Gasteiger partial charge on any atom is 0.267 e. The smallest absolute Gasteiger partial charge is 0.267 e. The minimum Gasteiger partial charge on any atom is -0.328 e. The highest BCUT2D eigenvalue weighted by molar-refractivity contribution is 6.02. The molecule has 2 heterocycles. The van der Waals surface area contributed by atoms with Crippen LogP contribution in [0.4, 0.5) is 0 Å². The number of hydrogen-bond acceptors (Lipinski definition) is 5. The molecule has 0 bridgehead atoms. The van der Waals surface area contributed by atoms with Gasteiger partial charge >= 0.3 is 0 Å². The molecule has 1 aromatic rings. The monoisotopic (exact) mass is 401 g/mol. The average molecular weight is 401 g/mol. The zero-order valence-electron chi connectivity index (χ0n) is 16.8. The van der Waals surface area contributed by atoms with Gasteiger partial charge in [-0.2, -0.15) is 0 Å². The van der Waals surface area contributed by atoms with E-state index in [0.717, 1.165) is 22.4 Å². The molecule has 29 heavy (non-hydrogen) atoms. The van der Waals surface area contributed by atoms with Crippen LogP contribution in [0, 0.1) is 12.3 Å². The van der Waals surface area contributed by atoms with Crippen LogP contribution in [-0.4, -0.2) is 57.8 Å². The van der Waals surface area contributed by atoms with Gasteiger partial charge in [-0.1, -0.05) is 36.8 Å². The van der Waals surface area contributed by atoms with Crippen molar-refractivity contribution >= 4 is 23.6 Å². The predicted octanol–water partition coefficient (Wildman–Crippen LogP) is 1.19. The maximum absolute atomic E-state index is 13.2. The Bertz CT molecular complexity index is 823. The first-order chi connectivity index (χ1) is 13.7. The van der Waals surface area contributed by atoms with E-state index in [0.29, 0.717) is 19.4 Å². The van der Waals surface area contributed by atoms with Gasteiger partial charge in [-0.3, -0.25) is 29.3 Å². The summed E-state index contributed by atoms with van der Waals surface area (Å²) >= 11 is 0. The van der Waals surface area contributed by atoms with Crippen molar-refractivity contribution in [2.75, 3.05) is 13.1 Å². The van der Waals surface area contributed by atoms with Gasteiger partial charge in [-0.05, 0) is 31.7 Å². The molecule has 0 saturated carbocycles. The van der Waals surface area contributed by atoms with Gasteiger partial charge in [-0.15, -0.1) is 0 Å². The van der Waals surface area contributed by atoms with Gasteiger partial charge in [-0.25, -0.2) is 5.48 Å². The zero-order chi connectivity index (χ0) is 21.2. The molecule has 4 amide bonds. The summed E-state index contributed by atoms with van der Waals surface area (Å²) in [5.74, 6) is -1.72. The molecule has 2 saturated heterocycles. The number of nitrogens with zero attached hydrogens (tertiary/aromatic N) is 2. The van der Waals surface area contributed by atoms with Crippen molar-refractivity contribution in [3.63, 3.8) is 0 Å². The first-order valence-electron chi connectivity index (χ1n) is 9.89. The van der Waals surface area contributed by atoms with Crippen LogP contribution in [0.3, 0.4) is 0 Å². The molecule has 0 radical (unpaired) electrons. The lowest BCUT2D eigenvalue weighted by Gasteiger charge is -2.31. The van der Waals surface area contributed by atoms with Crippen molar-refractivity contribution in [3.8, 4) is 0 Å². The molecule has 3 rings (SSSR count). The molecule has 1 aromatic carbocycles. The number of likely N-dealkylation sites (tertiary alicyclic amines) is 2. The molecule has 8 heteroatoms. The summed E-state index contributed by atoms with van der Waals surface area (Å²) in [6.07, 6.45) is 2.14. The second-order valence-corrected chi connectivity index (χ2v) is 8.19. The Labute approximate surface area is 169 Å². The third-order valence-corrected chi connectivity index (χ3v) is 6.03. The molecular weight excluding hydrogens is 374 g/mol. The van der Waals surface area contributed by atoms with Gasteiger partial charge in [0.25, 0.3) is 5.91 Å². The van der Waals surface area contributed by atoms with E-state index < -0.39 is 17.4 Å². The van der Waals surface area contributed by atoms with Crippen LogP contribution in [0.25, 0.3) is 0 Å². The van der Waals surface area contributed by atoms with Crippen molar-refractivity contribution < 1.29 is 24.4 Å². The minimum absolute atomic E-state index is 0.106. The van der Waals surface area contributed by atoms with E-state index in [9.17, 15) is 19.2 Å². The van der Waals surface area contributed by atoms with Gasteiger partial charge < -0.3 is 4.90 Å². The molecule has 2 atom stereocenters. The zero-order valence-corrected chi connectivity index (χ0v) is 16.8. The van der Waals surface area contributed by atoms with Crippen LogP contribution < -0.4 is 5.48 Å². The highest BCUT2D eigenvalue weighted by atomic mass is 16.5. The SMILES string of the molecule is Cc1cccc(CCC2(C)CCN([C@H](CN3C(=O)CCC3=O)C(=O)NO)C2=O)c1. The Kier molecular flexibility index (Phi) is 6.02. The molecule has 0 aliphatic carbocycles. The van der Waals surface area contributed by atoms with Gasteiger partial charge in [0.05, 0.1) is 6.54 Å². The number of aryl methyl sites for hydroxylation is 2. The van der Waals surface area contributed by atoms with Crippen LogP contribution in [0.1, 0.15) is 43.7 Å². The van der Waals surface area contributed by atoms with Crippen molar-refractivity contribution in [2.45, 2.75) is 52.0 Å². The summed E-state index contributed by atoms with van der Waals surface area (Å²) in [6.45, 7) is 4.00. The third-order valence-electron chi connectivity index (χ3n) is 6.03. The Morgan fingerprint density at radius 3 is 2.55 bits per heavy atom. The topological polar surface area (TPSA) is 107 Å². The van der Waals surface area contributed by atoms with Gasteiger partial charge in [0.2, 0.25) is 17.7 Å². The number of hydrogen-bond donors (Lipinski definition) is 2. The Hall–Kier alpha value is -2.74. The largest absolute Gasteiger partial charge is 0.328 e. The quantitative estimate of drug-likeness (QED) is 0.405. The molecule has 2 N–H and O–H groups in total. The number of benzene rings is 1. The lowest BCUT2D eigenvalue weighted by molar-refractivity contribution is -0.149. The highest BCUT2D eigenvalue weighted by Crippen LogP contribution is 2.37. The van der Waals surface area contributed by atoms with Crippen LogP contribution in [0.15, 0.2) is 24.3 Å². The Morgan fingerprint density at radius 1 is 1.24 bits per heavy atom. The van der Waals surface area contributed by atoms with Crippen molar-refractivity contribution in [1.82, 2.24) is 15.3 Å². The summed E-state index contributed by atoms with van der Waals surface area (Å²) in [7, 11) is 0. The van der Waals surface area contributed by atoms with Gasteiger partial charge in [0, 0.05) is 24.8 Å². The number of rotatable bonds is 7. The molecule has 0 aromatic heterocycles. The number of hydroxylamine groups is 1. The van der Waals surface area contributed by atoms with E-state index in [1.165, 1.54) is 4.90 Å². The summed E-state index contributed by atoms with van der Waals surface area (Å²) in [5.41, 5.74) is 3.24. The lowest BCUT2D eigenvalue weighted by Crippen LogP contribution is -2.54. The van der Waals surface area contributed by atoms with Gasteiger partial charge in [0.15, 0.2) is 0 Å². The van der Waals surface area contributed by atoms with E-state index in [1.54, 1.807) is 5.48 Å². The molecule has 2 fully saturated rings. The second-order valence-electron chi connectivity index (χ2n) is 8.19. The van der Waals surface area contributed by atoms with Crippen LogP contribution >= 0.6 is 0 Å². The number of carbonyl (C=O) groups is 4. The van der Waals surface area contributed by atoms with E-state index in [-0.39, 0.29) is 37.1 Å². The molecule has 0 spiro atoms. The predicted molar refractivity (Wildman–Crippen MR) is 104 cm³/mol. The normalized spacial score (nSPS) is 23.1. The fraction of sp³-hybridized carbons (Fsp3) is 0.524. The number of imide groups is 1. The van der Waals surface area contributed by atoms with Crippen LogP contribution in [0.2, 0.25) is 0 Å². The lowest BCUT2D eigenvalue weighted by atomic mass is 9.82. The maximum atomic E-state index is 13.2. The van der Waals surface area contributed by atoms with Crippen LogP contribution in [-0.2, 0) is 25.6 Å². The summed E-state index contributed by atoms with van der Waals surface area (Å²) in [6, 6.07) is 7.03. The number of carbonyl (C=O) groups excluding carboxylic acids is 4. The molecule has 8 nitrogen and oxygen atoms in total. The van der Waals surface area contributed by atoms with E-state index in [1.807, 2.05) is 32.0 Å². The molecular formula is C21H27N3O5. The molecule has 2 aliphatic heterocycles. The fourth-order valence-electron chi connectivity index (χ4n) is 4.14. The highest BCUT2D eigenvalue weighted by Gasteiger charge is 2.47. The Balaban J connectivity index is 1.73. The van der Waals surface area contributed by atoms with Crippen LogP contribution in [0.5, 0.6) is 0 Å². The average Bonchev–Trinajstić information content (AvgIpc) is 3.17. The van der Waals surface area contributed by atoms with Gasteiger partial charge in [0.1, 0.15) is 6.04 Å². The number of amides is 4. The minimum atomic E-state index is -1.10. The van der Waals surface area contributed by atoms with Crippen molar-refractivity contribution in [2.24, 2.45) is 5.41 Å². The number of nitrogens with one attached hydrogen (secondary N) is 1. The fourth-order valence-corrected chi connectivity index (χ4v) is 4.14. The first kappa shape index (κ1) is 21.0. The second kappa shape index (κ2) is 8.32. The van der Waals surface area contributed by atoms with Crippen molar-refractivity contribution in [3.05, 3.63) is 35.4 Å². The van der Waals surface area contributed by atoms with E-state index in [4.69, 9.17) is 5.21 Å².